The van der Waals surface area contributed by atoms with Crippen molar-refractivity contribution < 1.29 is 0 Å². The number of rotatable bonds is 3. The fourth-order valence-electron chi connectivity index (χ4n) is 2.11. The van der Waals surface area contributed by atoms with Gasteiger partial charge in [0.25, 0.3) is 0 Å². The van der Waals surface area contributed by atoms with Crippen LogP contribution in [0.1, 0.15) is 22.4 Å². The van der Waals surface area contributed by atoms with Crippen LogP contribution in [-0.2, 0) is 0 Å². The van der Waals surface area contributed by atoms with Gasteiger partial charge in [0.15, 0.2) is 0 Å². The van der Waals surface area contributed by atoms with Crippen molar-refractivity contribution in [2.75, 3.05) is 5.32 Å². The van der Waals surface area contributed by atoms with Crippen molar-refractivity contribution >= 4 is 51.9 Å². The van der Waals surface area contributed by atoms with Gasteiger partial charge in [0.2, 0.25) is 0 Å². The fraction of sp³-hybridized carbons (Fsp3) is 0.200. The van der Waals surface area contributed by atoms with Crippen LogP contribution in [-0.4, -0.2) is 9.97 Å². The van der Waals surface area contributed by atoms with Gasteiger partial charge >= 0.3 is 0 Å². The molecule has 110 valence electrons. The van der Waals surface area contributed by atoms with Gasteiger partial charge in [-0.2, -0.15) is 0 Å². The van der Waals surface area contributed by atoms with Crippen molar-refractivity contribution in [1.29, 1.82) is 0 Å². The van der Waals surface area contributed by atoms with Crippen LogP contribution >= 0.6 is 35.4 Å². The van der Waals surface area contributed by atoms with Gasteiger partial charge in [-0.1, -0.05) is 35.4 Å². The Morgan fingerprint density at radius 3 is 2.38 bits per heavy atom. The van der Waals surface area contributed by atoms with Crippen LogP contribution in [0.15, 0.2) is 18.2 Å². The molecule has 0 saturated heterocycles. The van der Waals surface area contributed by atoms with E-state index >= 15 is 0 Å². The normalized spacial score (nSPS) is 10.5. The first-order valence-electron chi connectivity index (χ1n) is 6.30. The highest BCUT2D eigenvalue weighted by molar-refractivity contribution is 7.80. The van der Waals surface area contributed by atoms with Gasteiger partial charge in [-0.25, -0.2) is 4.98 Å². The molecule has 2 aromatic rings. The van der Waals surface area contributed by atoms with Crippen molar-refractivity contribution in [2.24, 2.45) is 5.73 Å². The van der Waals surface area contributed by atoms with Gasteiger partial charge in [0, 0.05) is 10.7 Å². The monoisotopic (exact) mass is 339 g/mol. The molecule has 0 bridgehead atoms. The van der Waals surface area contributed by atoms with E-state index in [4.69, 9.17) is 41.2 Å². The molecule has 2 rings (SSSR count). The summed E-state index contributed by atoms with van der Waals surface area (Å²) in [6.07, 6.45) is 0. The number of benzene rings is 1. The first-order valence-corrected chi connectivity index (χ1v) is 7.46. The van der Waals surface area contributed by atoms with Crippen molar-refractivity contribution in [3.05, 3.63) is 50.6 Å². The van der Waals surface area contributed by atoms with Crippen LogP contribution in [0.5, 0.6) is 0 Å². The minimum absolute atomic E-state index is 0.289. The summed E-state index contributed by atoms with van der Waals surface area (Å²) in [6.45, 7) is 5.75. The van der Waals surface area contributed by atoms with Crippen LogP contribution in [0, 0.1) is 20.8 Å². The Kier molecular flexibility index (Phi) is 4.71. The predicted octanol–water partition coefficient (Wildman–Crippen LogP) is 4.69. The molecular formula is C15H15Cl2N3S. The highest BCUT2D eigenvalue weighted by Gasteiger charge is 2.13. The summed E-state index contributed by atoms with van der Waals surface area (Å²) in [4.78, 5) is 4.75. The van der Waals surface area contributed by atoms with Gasteiger partial charge in [0.1, 0.15) is 10.8 Å². The van der Waals surface area contributed by atoms with Gasteiger partial charge in [0.05, 0.1) is 16.3 Å². The summed E-state index contributed by atoms with van der Waals surface area (Å²) in [5.74, 6) is 0.585. The van der Waals surface area contributed by atoms with Crippen LogP contribution in [0.25, 0.3) is 0 Å². The molecule has 0 fully saturated rings. The Morgan fingerprint density at radius 2 is 1.76 bits per heavy atom. The second-order valence-electron chi connectivity index (χ2n) is 4.87. The zero-order chi connectivity index (χ0) is 15.7. The Balaban J connectivity index is 2.54. The molecule has 0 atom stereocenters. The van der Waals surface area contributed by atoms with Crippen molar-refractivity contribution in [3.8, 4) is 0 Å². The fourth-order valence-corrected chi connectivity index (χ4v) is 2.79. The molecule has 1 heterocycles. The lowest BCUT2D eigenvalue weighted by Crippen LogP contribution is -2.15. The van der Waals surface area contributed by atoms with Crippen LogP contribution in [0.3, 0.4) is 0 Å². The summed E-state index contributed by atoms with van der Waals surface area (Å²) >= 11 is 17.5. The zero-order valence-electron chi connectivity index (χ0n) is 11.9. The molecule has 6 heteroatoms. The topological polar surface area (TPSA) is 50.9 Å². The lowest BCUT2D eigenvalue weighted by Gasteiger charge is -2.15. The number of nitrogens with two attached hydrogens (primary N) is 1. The maximum atomic E-state index is 6.25. The first kappa shape index (κ1) is 16.0. The molecule has 0 amide bonds. The second-order valence-corrected chi connectivity index (χ2v) is 6.13. The van der Waals surface area contributed by atoms with Crippen LogP contribution < -0.4 is 11.1 Å². The Morgan fingerprint density at radius 1 is 1.10 bits per heavy atom. The standard InChI is InChI=1S/C15H15Cl2N3S/c1-7-5-11(17)12(6-10(7)16)20-15-13(14(18)21)8(2)4-9(3)19-15/h4-6H,1-3H3,(H2,18,21)(H,19,20). The molecule has 0 unspecified atom stereocenters. The number of thiocarbonyl (C=S) groups is 1. The molecule has 0 aliphatic rings. The van der Waals surface area contributed by atoms with E-state index in [1.807, 2.05) is 26.8 Å². The number of pyridine rings is 1. The molecule has 0 aliphatic heterocycles. The van der Waals surface area contributed by atoms with E-state index in [0.717, 1.165) is 16.8 Å². The molecule has 0 spiro atoms. The highest BCUT2D eigenvalue weighted by atomic mass is 35.5. The molecule has 3 nitrogen and oxygen atoms in total. The number of nitrogens with one attached hydrogen (secondary N) is 1. The molecule has 3 N–H and O–H groups in total. The lowest BCUT2D eigenvalue weighted by atomic mass is 10.1. The third-order valence-corrected chi connectivity index (χ3v) is 4.02. The van der Waals surface area contributed by atoms with Gasteiger partial charge < -0.3 is 11.1 Å². The summed E-state index contributed by atoms with van der Waals surface area (Å²) in [6, 6.07) is 5.50. The third-order valence-electron chi connectivity index (χ3n) is 3.09. The number of halogens is 2. The SMILES string of the molecule is Cc1cc(C)c(C(N)=S)c(Nc2cc(Cl)c(C)cc2Cl)n1. The predicted molar refractivity (Wildman–Crippen MR) is 94.1 cm³/mol. The minimum Gasteiger partial charge on any atom is -0.389 e. The molecule has 0 radical (unpaired) electrons. The summed E-state index contributed by atoms with van der Waals surface area (Å²) < 4.78 is 0. The largest absolute Gasteiger partial charge is 0.389 e. The molecule has 1 aromatic heterocycles. The highest BCUT2D eigenvalue weighted by Crippen LogP contribution is 2.32. The number of aromatic nitrogens is 1. The summed E-state index contributed by atoms with van der Waals surface area (Å²) in [5, 5.41) is 4.37. The zero-order valence-corrected chi connectivity index (χ0v) is 14.2. The molecule has 21 heavy (non-hydrogen) atoms. The van der Waals surface area contributed by atoms with Crippen LogP contribution in [0.4, 0.5) is 11.5 Å². The second kappa shape index (κ2) is 6.18. The van der Waals surface area contributed by atoms with E-state index in [-0.39, 0.29) is 4.99 Å². The van der Waals surface area contributed by atoms with E-state index in [0.29, 0.717) is 27.1 Å². The molecular weight excluding hydrogens is 325 g/mol. The van der Waals surface area contributed by atoms with Crippen molar-refractivity contribution in [3.63, 3.8) is 0 Å². The first-order chi connectivity index (χ1) is 9.79. The Labute approximate surface area is 139 Å². The van der Waals surface area contributed by atoms with Crippen molar-refractivity contribution in [2.45, 2.75) is 20.8 Å². The summed E-state index contributed by atoms with van der Waals surface area (Å²) in [7, 11) is 0. The average molecular weight is 340 g/mol. The maximum Gasteiger partial charge on any atom is 0.141 e. The maximum absolute atomic E-state index is 6.25. The Bertz CT molecular complexity index is 729. The Hall–Kier alpha value is -1.36. The molecule has 1 aromatic carbocycles. The number of nitrogens with zero attached hydrogens (tertiary/aromatic N) is 1. The quantitative estimate of drug-likeness (QED) is 0.796. The third kappa shape index (κ3) is 3.46. The number of hydrogen-bond acceptors (Lipinski definition) is 3. The summed E-state index contributed by atoms with van der Waals surface area (Å²) in [5.41, 5.74) is 9.93. The van der Waals surface area contributed by atoms with Gasteiger partial charge in [-0.3, -0.25) is 0 Å². The number of hydrogen-bond donors (Lipinski definition) is 2. The lowest BCUT2D eigenvalue weighted by molar-refractivity contribution is 1.17. The van der Waals surface area contributed by atoms with E-state index in [1.54, 1.807) is 12.1 Å². The minimum atomic E-state index is 0.289. The average Bonchev–Trinajstić information content (AvgIpc) is 2.34. The van der Waals surface area contributed by atoms with E-state index in [1.165, 1.54) is 0 Å². The number of aryl methyl sites for hydroxylation is 3. The van der Waals surface area contributed by atoms with Crippen molar-refractivity contribution in [1.82, 2.24) is 4.98 Å². The van der Waals surface area contributed by atoms with Crippen LogP contribution in [0.2, 0.25) is 10.0 Å². The molecule has 0 aliphatic carbocycles. The van der Waals surface area contributed by atoms with E-state index in [2.05, 4.69) is 10.3 Å². The van der Waals surface area contributed by atoms with E-state index in [9.17, 15) is 0 Å². The van der Waals surface area contributed by atoms with E-state index < -0.39 is 0 Å². The molecule has 0 saturated carbocycles. The van der Waals surface area contributed by atoms with Gasteiger partial charge in [-0.05, 0) is 50.1 Å². The smallest absolute Gasteiger partial charge is 0.141 e. The number of anilines is 2. The van der Waals surface area contributed by atoms with Gasteiger partial charge in [-0.15, -0.1) is 0 Å².